The first-order chi connectivity index (χ1) is 9.02. The van der Waals surface area contributed by atoms with Crippen molar-refractivity contribution >= 4 is 0 Å². The van der Waals surface area contributed by atoms with Gasteiger partial charge >= 0.3 is 0 Å². The van der Waals surface area contributed by atoms with Crippen molar-refractivity contribution in [3.63, 3.8) is 0 Å². The van der Waals surface area contributed by atoms with E-state index < -0.39 is 6.04 Å². The number of rotatable bonds is 3. The van der Waals surface area contributed by atoms with E-state index in [1.54, 1.807) is 13.0 Å². The zero-order chi connectivity index (χ0) is 14.0. The first-order valence-corrected chi connectivity index (χ1v) is 5.88. The first kappa shape index (κ1) is 13.5. The van der Waals surface area contributed by atoms with Crippen molar-refractivity contribution in [1.29, 1.82) is 0 Å². The fourth-order valence-electron chi connectivity index (χ4n) is 2.10. The minimum Gasteiger partial charge on any atom is -0.496 e. The van der Waals surface area contributed by atoms with Crippen molar-refractivity contribution < 1.29 is 13.5 Å². The number of methoxy groups -OCH3 is 1. The Balaban J connectivity index is 2.49. The zero-order valence-corrected chi connectivity index (χ0v) is 10.8. The number of ether oxygens (including phenoxy) is 1. The molecule has 0 aliphatic rings. The van der Waals surface area contributed by atoms with E-state index in [1.165, 1.54) is 37.4 Å². The summed E-state index contributed by atoms with van der Waals surface area (Å²) in [6.07, 6.45) is 0. The normalized spacial score (nSPS) is 12.3. The molecule has 0 heterocycles. The lowest BCUT2D eigenvalue weighted by molar-refractivity contribution is 0.406. The average Bonchev–Trinajstić information content (AvgIpc) is 2.38. The molecule has 0 aromatic heterocycles. The van der Waals surface area contributed by atoms with E-state index in [4.69, 9.17) is 10.5 Å². The number of halogens is 2. The van der Waals surface area contributed by atoms with Crippen molar-refractivity contribution in [3.8, 4) is 5.75 Å². The number of hydrogen-bond acceptors (Lipinski definition) is 2. The van der Waals surface area contributed by atoms with Crippen LogP contribution in [0.1, 0.15) is 22.7 Å². The molecule has 0 radical (unpaired) electrons. The molecule has 0 bridgehead atoms. The molecule has 100 valence electrons. The minimum atomic E-state index is -0.564. The molecule has 0 fully saturated rings. The predicted molar refractivity (Wildman–Crippen MR) is 70.1 cm³/mol. The Bertz CT molecular complexity index is 599. The third kappa shape index (κ3) is 2.74. The van der Waals surface area contributed by atoms with E-state index in [2.05, 4.69) is 0 Å². The number of nitrogens with two attached hydrogens (primary N) is 1. The van der Waals surface area contributed by atoms with Crippen molar-refractivity contribution in [2.24, 2.45) is 5.73 Å². The van der Waals surface area contributed by atoms with E-state index in [0.717, 1.165) is 11.1 Å². The second-order valence-corrected chi connectivity index (χ2v) is 4.36. The van der Waals surface area contributed by atoms with Gasteiger partial charge in [-0.15, -0.1) is 0 Å². The third-order valence-corrected chi connectivity index (χ3v) is 3.09. The van der Waals surface area contributed by atoms with E-state index in [9.17, 15) is 8.78 Å². The van der Waals surface area contributed by atoms with Crippen LogP contribution in [-0.2, 0) is 0 Å². The summed E-state index contributed by atoms with van der Waals surface area (Å²) >= 11 is 0. The molecular weight excluding hydrogens is 248 g/mol. The summed E-state index contributed by atoms with van der Waals surface area (Å²) in [7, 11) is 1.50. The molecule has 2 nitrogen and oxygen atoms in total. The number of benzene rings is 2. The van der Waals surface area contributed by atoms with E-state index in [0.29, 0.717) is 11.3 Å². The molecule has 2 N–H and O–H groups in total. The molecule has 0 amide bonds. The highest BCUT2D eigenvalue weighted by Gasteiger charge is 2.17. The molecular formula is C15H15F2NO. The Morgan fingerprint density at radius 1 is 1.00 bits per heavy atom. The molecule has 0 aliphatic carbocycles. The van der Waals surface area contributed by atoms with Gasteiger partial charge in [0.25, 0.3) is 0 Å². The van der Waals surface area contributed by atoms with Crippen molar-refractivity contribution in [3.05, 3.63) is 64.7 Å². The highest BCUT2D eigenvalue weighted by Crippen LogP contribution is 2.30. The summed E-state index contributed by atoms with van der Waals surface area (Å²) in [6, 6.07) is 7.97. The molecule has 0 aliphatic heterocycles. The standard InChI is InChI=1S/C15H15F2NO/c1-9-7-10(16)3-5-12(9)15(18)13-8-11(17)4-6-14(13)19-2/h3-8,15H,18H2,1-2H3. The third-order valence-electron chi connectivity index (χ3n) is 3.09. The van der Waals surface area contributed by atoms with Gasteiger partial charge in [-0.3, -0.25) is 0 Å². The fraction of sp³-hybridized carbons (Fsp3) is 0.200. The highest BCUT2D eigenvalue weighted by molar-refractivity contribution is 5.43. The Morgan fingerprint density at radius 2 is 1.63 bits per heavy atom. The lowest BCUT2D eigenvalue weighted by Crippen LogP contribution is -2.15. The van der Waals surface area contributed by atoms with Crippen LogP contribution < -0.4 is 10.5 Å². The molecule has 0 spiro atoms. The number of hydrogen-bond donors (Lipinski definition) is 1. The SMILES string of the molecule is COc1ccc(F)cc1C(N)c1ccc(F)cc1C. The van der Waals surface area contributed by atoms with Crippen molar-refractivity contribution in [2.75, 3.05) is 7.11 Å². The molecule has 2 aromatic rings. The first-order valence-electron chi connectivity index (χ1n) is 5.88. The average molecular weight is 263 g/mol. The van der Waals surface area contributed by atoms with Crippen LogP contribution in [0.4, 0.5) is 8.78 Å². The Kier molecular flexibility index (Phi) is 3.81. The molecule has 0 saturated heterocycles. The van der Waals surface area contributed by atoms with Crippen molar-refractivity contribution in [2.45, 2.75) is 13.0 Å². The maximum Gasteiger partial charge on any atom is 0.124 e. The summed E-state index contributed by atoms with van der Waals surface area (Å²) in [5.74, 6) is -0.191. The predicted octanol–water partition coefficient (Wildman–Crippen LogP) is 3.33. The van der Waals surface area contributed by atoms with Crippen LogP contribution >= 0.6 is 0 Å². The molecule has 1 unspecified atom stereocenters. The van der Waals surface area contributed by atoms with Gasteiger partial charge in [-0.2, -0.15) is 0 Å². The number of aryl methyl sites for hydroxylation is 1. The van der Waals surface area contributed by atoms with E-state index >= 15 is 0 Å². The Labute approximate surface area is 110 Å². The Hall–Kier alpha value is -1.94. The topological polar surface area (TPSA) is 35.2 Å². The lowest BCUT2D eigenvalue weighted by atomic mass is 9.95. The molecule has 0 saturated carbocycles. The van der Waals surface area contributed by atoms with Gasteiger partial charge in [0.15, 0.2) is 0 Å². The summed E-state index contributed by atoms with van der Waals surface area (Å²) < 4.78 is 31.6. The zero-order valence-electron chi connectivity index (χ0n) is 10.8. The van der Waals surface area contributed by atoms with Crippen molar-refractivity contribution in [1.82, 2.24) is 0 Å². The monoisotopic (exact) mass is 263 g/mol. The van der Waals surface area contributed by atoms with Crippen LogP contribution in [0.15, 0.2) is 36.4 Å². The summed E-state index contributed by atoms with van der Waals surface area (Å²) in [5, 5.41) is 0. The lowest BCUT2D eigenvalue weighted by Gasteiger charge is -2.18. The van der Waals surface area contributed by atoms with E-state index in [1.807, 2.05) is 0 Å². The van der Waals surface area contributed by atoms with Gasteiger partial charge in [-0.05, 0) is 48.4 Å². The second-order valence-electron chi connectivity index (χ2n) is 4.36. The van der Waals surface area contributed by atoms with Gasteiger partial charge < -0.3 is 10.5 Å². The summed E-state index contributed by atoms with van der Waals surface area (Å²) in [6.45, 7) is 1.77. The minimum absolute atomic E-state index is 0.320. The molecule has 2 aromatic carbocycles. The largest absolute Gasteiger partial charge is 0.496 e. The van der Waals surface area contributed by atoms with Gasteiger partial charge in [0.05, 0.1) is 13.2 Å². The molecule has 4 heteroatoms. The van der Waals surface area contributed by atoms with Crippen LogP contribution in [0.2, 0.25) is 0 Å². The summed E-state index contributed by atoms with van der Waals surface area (Å²) in [4.78, 5) is 0. The van der Waals surface area contributed by atoms with E-state index in [-0.39, 0.29) is 11.6 Å². The van der Waals surface area contributed by atoms with Gasteiger partial charge in [0.2, 0.25) is 0 Å². The smallest absolute Gasteiger partial charge is 0.124 e. The van der Waals surface area contributed by atoms with Crippen LogP contribution in [0.5, 0.6) is 5.75 Å². The maximum atomic E-state index is 13.4. The van der Waals surface area contributed by atoms with Crippen LogP contribution in [0, 0.1) is 18.6 Å². The van der Waals surface area contributed by atoms with Gasteiger partial charge in [0.1, 0.15) is 17.4 Å². The highest BCUT2D eigenvalue weighted by atomic mass is 19.1. The molecule has 2 rings (SSSR count). The summed E-state index contributed by atoms with van der Waals surface area (Å²) in [5.41, 5.74) is 8.14. The van der Waals surface area contributed by atoms with Crippen LogP contribution in [0.3, 0.4) is 0 Å². The molecule has 1 atom stereocenters. The Morgan fingerprint density at radius 3 is 2.26 bits per heavy atom. The van der Waals surface area contributed by atoms with Gasteiger partial charge in [-0.1, -0.05) is 6.07 Å². The van der Waals surface area contributed by atoms with Gasteiger partial charge in [0, 0.05) is 5.56 Å². The second kappa shape index (κ2) is 5.36. The van der Waals surface area contributed by atoms with Crippen LogP contribution in [-0.4, -0.2) is 7.11 Å². The van der Waals surface area contributed by atoms with Crippen LogP contribution in [0.25, 0.3) is 0 Å². The maximum absolute atomic E-state index is 13.4. The quantitative estimate of drug-likeness (QED) is 0.921. The molecule has 19 heavy (non-hydrogen) atoms. The fourth-order valence-corrected chi connectivity index (χ4v) is 2.10. The van der Waals surface area contributed by atoms with Gasteiger partial charge in [-0.25, -0.2) is 8.78 Å².